The van der Waals surface area contributed by atoms with Crippen molar-refractivity contribution in [3.05, 3.63) is 123 Å². The van der Waals surface area contributed by atoms with Crippen LogP contribution in [0.25, 0.3) is 38.6 Å². The second-order valence-electron chi connectivity index (χ2n) is 8.45. The number of halogens is 3. The standard InChI is InChI=1S/C15H9BrN2.C8H8N2.C7H4BrFO/c16-11-6-7-13-10(9-11)5-8-15-17-12-3-1-2-4-14(12)18(13)15;1-6-9-7-4-2-3-5-8(7)10-6;8-6-1-2-7(9)5(3-6)4-10/h1-9H;2-5H,1H3,(H,9,10);1-4H. The molecule has 5 nitrogen and oxygen atoms in total. The second kappa shape index (κ2) is 11.2. The Bertz CT molecular complexity index is 1880. The normalized spacial score (nSPS) is 10.7. The molecular weight excluding hydrogens is 611 g/mol. The molecule has 0 aliphatic rings. The first-order valence-electron chi connectivity index (χ1n) is 11.7. The van der Waals surface area contributed by atoms with Crippen molar-refractivity contribution in [1.29, 1.82) is 0 Å². The van der Waals surface area contributed by atoms with Crippen molar-refractivity contribution in [2.24, 2.45) is 0 Å². The molecule has 38 heavy (non-hydrogen) atoms. The number of nitrogens with one attached hydrogen (secondary N) is 1. The molecule has 1 N–H and O–H groups in total. The number of nitrogens with zero attached hydrogens (tertiary/aromatic N) is 3. The van der Waals surface area contributed by atoms with Crippen molar-refractivity contribution >= 4 is 76.8 Å². The quantitative estimate of drug-likeness (QED) is 0.184. The summed E-state index contributed by atoms with van der Waals surface area (Å²) in [6.07, 6.45) is 0.486. The van der Waals surface area contributed by atoms with Crippen LogP contribution in [0.1, 0.15) is 16.2 Å². The number of aromatic nitrogens is 4. The van der Waals surface area contributed by atoms with E-state index in [-0.39, 0.29) is 5.56 Å². The lowest BCUT2D eigenvalue weighted by atomic mass is 10.2. The van der Waals surface area contributed by atoms with E-state index in [4.69, 9.17) is 0 Å². The van der Waals surface area contributed by atoms with Crippen LogP contribution >= 0.6 is 31.9 Å². The fourth-order valence-corrected chi connectivity index (χ4v) is 4.88. The van der Waals surface area contributed by atoms with Crippen LogP contribution in [0.5, 0.6) is 0 Å². The molecule has 3 heterocycles. The monoisotopic (exact) mass is 630 g/mol. The van der Waals surface area contributed by atoms with Gasteiger partial charge in [-0.1, -0.05) is 56.1 Å². The first-order valence-corrected chi connectivity index (χ1v) is 13.3. The molecule has 0 aliphatic carbocycles. The predicted molar refractivity (Wildman–Crippen MR) is 158 cm³/mol. The molecule has 0 fully saturated rings. The van der Waals surface area contributed by atoms with Gasteiger partial charge in [0, 0.05) is 8.95 Å². The van der Waals surface area contributed by atoms with Gasteiger partial charge in [-0.2, -0.15) is 0 Å². The van der Waals surface area contributed by atoms with Crippen LogP contribution in [0, 0.1) is 12.7 Å². The zero-order valence-electron chi connectivity index (χ0n) is 20.2. The van der Waals surface area contributed by atoms with Crippen molar-refractivity contribution < 1.29 is 9.18 Å². The number of para-hydroxylation sites is 4. The van der Waals surface area contributed by atoms with Gasteiger partial charge in [0.25, 0.3) is 0 Å². The maximum atomic E-state index is 12.5. The molecular formula is C30H21Br2FN4O. The van der Waals surface area contributed by atoms with Gasteiger partial charge in [0.15, 0.2) is 6.29 Å². The van der Waals surface area contributed by atoms with Crippen LogP contribution < -0.4 is 0 Å². The summed E-state index contributed by atoms with van der Waals surface area (Å²) < 4.78 is 16.5. The molecule has 0 bridgehead atoms. The van der Waals surface area contributed by atoms with E-state index in [1.807, 2.05) is 49.4 Å². The zero-order valence-corrected chi connectivity index (χ0v) is 23.4. The van der Waals surface area contributed by atoms with Gasteiger partial charge in [-0.3, -0.25) is 9.20 Å². The lowest BCUT2D eigenvalue weighted by molar-refractivity contribution is 0.111. The van der Waals surface area contributed by atoms with E-state index in [2.05, 4.69) is 87.6 Å². The van der Waals surface area contributed by atoms with Crippen LogP contribution in [-0.2, 0) is 0 Å². The summed E-state index contributed by atoms with van der Waals surface area (Å²) in [7, 11) is 0. The zero-order chi connectivity index (χ0) is 26.6. The molecule has 0 saturated carbocycles. The first-order chi connectivity index (χ1) is 18.4. The number of H-pyrrole nitrogens is 1. The molecule has 0 saturated heterocycles. The number of carbonyl (C=O) groups excluding carboxylic acids is 1. The number of aromatic amines is 1. The summed E-state index contributed by atoms with van der Waals surface area (Å²) in [5, 5.41) is 1.21. The van der Waals surface area contributed by atoms with Crippen molar-refractivity contribution in [3.8, 4) is 0 Å². The van der Waals surface area contributed by atoms with E-state index in [9.17, 15) is 9.18 Å². The molecule has 0 radical (unpaired) electrons. The third-order valence-corrected chi connectivity index (χ3v) is 6.81. The number of carbonyl (C=O) groups is 1. The maximum absolute atomic E-state index is 12.5. The minimum atomic E-state index is -0.488. The van der Waals surface area contributed by atoms with Crippen LogP contribution in [0.15, 0.2) is 106 Å². The summed E-state index contributed by atoms with van der Waals surface area (Å²) in [6.45, 7) is 1.96. The Balaban J connectivity index is 0.000000126. The summed E-state index contributed by atoms with van der Waals surface area (Å²) in [6, 6.07) is 31.0. The Kier molecular flexibility index (Phi) is 7.62. The molecule has 0 atom stereocenters. The third-order valence-electron chi connectivity index (χ3n) is 5.82. The van der Waals surface area contributed by atoms with Crippen molar-refractivity contribution in [3.63, 3.8) is 0 Å². The summed E-state index contributed by atoms with van der Waals surface area (Å²) in [5.41, 5.74) is 6.60. The molecule has 0 unspecified atom stereocenters. The van der Waals surface area contributed by atoms with Crippen LogP contribution in [0.2, 0.25) is 0 Å². The number of fused-ring (bicyclic) bond motifs is 6. The number of imidazole rings is 2. The maximum Gasteiger partial charge on any atom is 0.153 e. The number of hydrogen-bond donors (Lipinski definition) is 1. The first kappa shape index (κ1) is 25.8. The van der Waals surface area contributed by atoms with Crippen LogP contribution in [0.4, 0.5) is 4.39 Å². The van der Waals surface area contributed by atoms with E-state index in [1.54, 1.807) is 6.07 Å². The highest BCUT2D eigenvalue weighted by atomic mass is 79.9. The Morgan fingerprint density at radius 2 is 1.50 bits per heavy atom. The molecule has 7 rings (SSSR count). The molecule has 0 aliphatic heterocycles. The van der Waals surface area contributed by atoms with E-state index in [0.29, 0.717) is 10.8 Å². The molecule has 8 heteroatoms. The van der Waals surface area contributed by atoms with Gasteiger partial charge >= 0.3 is 0 Å². The minimum absolute atomic E-state index is 0.0781. The third kappa shape index (κ3) is 5.51. The van der Waals surface area contributed by atoms with Gasteiger partial charge in [0.05, 0.1) is 33.1 Å². The Hall–Kier alpha value is -3.88. The van der Waals surface area contributed by atoms with E-state index in [0.717, 1.165) is 38.0 Å². The van der Waals surface area contributed by atoms with Gasteiger partial charge in [-0.05, 0) is 85.1 Å². The van der Waals surface area contributed by atoms with Gasteiger partial charge in [-0.15, -0.1) is 0 Å². The lowest BCUT2D eigenvalue weighted by Crippen LogP contribution is -1.87. The topological polar surface area (TPSA) is 63.1 Å². The smallest absolute Gasteiger partial charge is 0.153 e. The fraction of sp³-hybridized carbons (Fsp3) is 0.0333. The molecule has 3 aromatic heterocycles. The van der Waals surface area contributed by atoms with Gasteiger partial charge < -0.3 is 4.98 Å². The van der Waals surface area contributed by atoms with E-state index >= 15 is 0 Å². The van der Waals surface area contributed by atoms with Crippen molar-refractivity contribution in [2.45, 2.75) is 6.92 Å². The van der Waals surface area contributed by atoms with E-state index in [1.165, 1.54) is 23.0 Å². The molecule has 7 aromatic rings. The minimum Gasteiger partial charge on any atom is -0.342 e. The molecule has 4 aromatic carbocycles. The average Bonchev–Trinajstić information content (AvgIpc) is 3.50. The van der Waals surface area contributed by atoms with Crippen molar-refractivity contribution in [1.82, 2.24) is 19.4 Å². The number of aryl methyl sites for hydroxylation is 1. The van der Waals surface area contributed by atoms with E-state index < -0.39 is 5.82 Å². The van der Waals surface area contributed by atoms with Gasteiger partial charge in [0.1, 0.15) is 17.3 Å². The lowest BCUT2D eigenvalue weighted by Gasteiger charge is -2.03. The summed E-state index contributed by atoms with van der Waals surface area (Å²) in [4.78, 5) is 22.2. The molecule has 0 spiro atoms. The van der Waals surface area contributed by atoms with Crippen LogP contribution in [-0.4, -0.2) is 25.6 Å². The highest BCUT2D eigenvalue weighted by Gasteiger charge is 2.07. The molecule has 188 valence electrons. The SMILES string of the molecule is Brc1ccc2c(ccc3nc4ccccc4n32)c1.Cc1nc2ccccc2[nH]1.O=Cc1cc(Br)ccc1F. The Morgan fingerprint density at radius 1 is 0.789 bits per heavy atom. The van der Waals surface area contributed by atoms with Crippen LogP contribution in [0.3, 0.4) is 0 Å². The Morgan fingerprint density at radius 3 is 2.26 bits per heavy atom. The Labute approximate surface area is 234 Å². The highest BCUT2D eigenvalue weighted by molar-refractivity contribution is 9.10. The number of benzene rings is 4. The largest absolute Gasteiger partial charge is 0.342 e. The fourth-order valence-electron chi connectivity index (χ4n) is 4.12. The molecule has 0 amide bonds. The average molecular weight is 632 g/mol. The predicted octanol–water partition coefficient (Wildman–Crippen LogP) is 8.68. The summed E-state index contributed by atoms with van der Waals surface area (Å²) in [5.74, 6) is 0.486. The summed E-state index contributed by atoms with van der Waals surface area (Å²) >= 11 is 6.62. The second-order valence-corrected chi connectivity index (χ2v) is 10.3. The highest BCUT2D eigenvalue weighted by Crippen LogP contribution is 2.25. The number of hydrogen-bond acceptors (Lipinski definition) is 3. The number of rotatable bonds is 1. The van der Waals surface area contributed by atoms with Gasteiger partial charge in [-0.25, -0.2) is 14.4 Å². The number of pyridine rings is 1. The number of aldehydes is 1. The van der Waals surface area contributed by atoms with Gasteiger partial charge in [0.2, 0.25) is 0 Å². The van der Waals surface area contributed by atoms with Crippen molar-refractivity contribution in [2.75, 3.05) is 0 Å².